The second kappa shape index (κ2) is 10.8. The van der Waals surface area contributed by atoms with E-state index < -0.39 is 0 Å². The van der Waals surface area contributed by atoms with E-state index in [0.717, 1.165) is 40.7 Å². The van der Waals surface area contributed by atoms with Crippen LogP contribution in [0.3, 0.4) is 0 Å². The predicted molar refractivity (Wildman–Crippen MR) is 142 cm³/mol. The van der Waals surface area contributed by atoms with Crippen molar-refractivity contribution in [1.29, 1.82) is 0 Å². The number of fused-ring (bicyclic) bond motifs is 1. The molecule has 1 saturated heterocycles. The quantitative estimate of drug-likeness (QED) is 0.290. The zero-order chi connectivity index (χ0) is 23.9. The van der Waals surface area contributed by atoms with Gasteiger partial charge in [0.15, 0.2) is 0 Å². The number of allylic oxidation sites excluding steroid dienone is 2. The maximum absolute atomic E-state index is 5.49. The Balaban J connectivity index is 1.40. The molecule has 1 aliphatic rings. The van der Waals surface area contributed by atoms with Crippen LogP contribution < -0.4 is 15.6 Å². The summed E-state index contributed by atoms with van der Waals surface area (Å²) in [6.07, 6.45) is 3.65. The Morgan fingerprint density at radius 2 is 1.63 bits per heavy atom. The van der Waals surface area contributed by atoms with Gasteiger partial charge in [-0.3, -0.25) is 0 Å². The Morgan fingerprint density at radius 1 is 0.886 bits per heavy atom. The van der Waals surface area contributed by atoms with E-state index in [1.165, 1.54) is 0 Å². The van der Waals surface area contributed by atoms with Crippen LogP contribution in [0.4, 0.5) is 23.5 Å². The van der Waals surface area contributed by atoms with E-state index in [4.69, 9.17) is 4.74 Å². The summed E-state index contributed by atoms with van der Waals surface area (Å²) in [5, 5.41) is 9.93. The van der Waals surface area contributed by atoms with Crippen molar-refractivity contribution in [2.24, 2.45) is 5.10 Å². The summed E-state index contributed by atoms with van der Waals surface area (Å²) in [6.45, 7) is 4.77. The number of ether oxygens (including phenoxy) is 1. The van der Waals surface area contributed by atoms with Crippen molar-refractivity contribution in [3.05, 3.63) is 84.4 Å². The Labute approximate surface area is 204 Å². The summed E-state index contributed by atoms with van der Waals surface area (Å²) < 4.78 is 5.49. The van der Waals surface area contributed by atoms with Gasteiger partial charge in [-0.05, 0) is 35.6 Å². The molecule has 2 heterocycles. The number of anilines is 4. The van der Waals surface area contributed by atoms with Crippen molar-refractivity contribution in [3.8, 4) is 0 Å². The molecule has 1 aromatic heterocycles. The van der Waals surface area contributed by atoms with E-state index in [2.05, 4.69) is 66.0 Å². The summed E-state index contributed by atoms with van der Waals surface area (Å²) in [5.41, 5.74) is 6.15. The average Bonchev–Trinajstić information content (AvgIpc) is 2.92. The van der Waals surface area contributed by atoms with Gasteiger partial charge in [0.05, 0.1) is 13.2 Å². The standard InChI is InChI=1S/C27H27N7O/c1-20(21-8-3-2-4-9-21)14-15-28-33-26-30-25(31-27(32-26)34-16-18-35-19-17-34)29-24-13-7-11-22-10-5-6-12-23(22)24/h2-15H,16-19H2,1H3,(H2,29,30,31,32,33)/b20-14+,28-15+. The van der Waals surface area contributed by atoms with Gasteiger partial charge in [0.25, 0.3) is 0 Å². The predicted octanol–water partition coefficient (Wildman–Crippen LogP) is 5.11. The highest BCUT2D eigenvalue weighted by atomic mass is 16.5. The summed E-state index contributed by atoms with van der Waals surface area (Å²) in [5.74, 6) is 1.40. The number of hydrazone groups is 1. The van der Waals surface area contributed by atoms with Crippen LogP contribution >= 0.6 is 0 Å². The second-order valence-electron chi connectivity index (χ2n) is 8.14. The van der Waals surface area contributed by atoms with Crippen LogP contribution in [-0.4, -0.2) is 47.5 Å². The lowest BCUT2D eigenvalue weighted by Crippen LogP contribution is -2.37. The highest BCUT2D eigenvalue weighted by Gasteiger charge is 2.17. The molecule has 1 fully saturated rings. The third kappa shape index (κ3) is 5.62. The molecule has 0 unspecified atom stereocenters. The molecule has 35 heavy (non-hydrogen) atoms. The van der Waals surface area contributed by atoms with Crippen molar-refractivity contribution in [3.63, 3.8) is 0 Å². The minimum atomic E-state index is 0.367. The Bertz CT molecular complexity index is 1340. The molecule has 176 valence electrons. The van der Waals surface area contributed by atoms with Crippen LogP contribution in [0.5, 0.6) is 0 Å². The van der Waals surface area contributed by atoms with Gasteiger partial charge in [-0.2, -0.15) is 20.1 Å². The Morgan fingerprint density at radius 3 is 2.49 bits per heavy atom. The number of rotatable bonds is 7. The van der Waals surface area contributed by atoms with E-state index in [0.29, 0.717) is 31.1 Å². The smallest absolute Gasteiger partial charge is 0.250 e. The molecular formula is C27H27N7O. The summed E-state index contributed by atoms with van der Waals surface area (Å²) >= 11 is 0. The number of hydrogen-bond donors (Lipinski definition) is 2. The fourth-order valence-corrected chi connectivity index (χ4v) is 3.87. The minimum Gasteiger partial charge on any atom is -0.378 e. The normalized spacial score (nSPS) is 14.4. The van der Waals surface area contributed by atoms with Crippen LogP contribution in [0.2, 0.25) is 0 Å². The third-order valence-electron chi connectivity index (χ3n) is 5.75. The van der Waals surface area contributed by atoms with Crippen molar-refractivity contribution in [1.82, 2.24) is 15.0 Å². The SMILES string of the molecule is C/C(=C\C=N\Nc1nc(Nc2cccc3ccccc23)nc(N2CCOCC2)n1)c1ccccc1. The molecule has 0 bridgehead atoms. The van der Waals surface area contributed by atoms with Gasteiger partial charge < -0.3 is 15.0 Å². The number of nitrogens with one attached hydrogen (secondary N) is 2. The summed E-state index contributed by atoms with van der Waals surface area (Å²) in [4.78, 5) is 15.9. The maximum atomic E-state index is 5.49. The average molecular weight is 466 g/mol. The molecule has 0 radical (unpaired) electrons. The van der Waals surface area contributed by atoms with Gasteiger partial charge in [0, 0.05) is 30.4 Å². The number of benzene rings is 3. The van der Waals surface area contributed by atoms with Crippen molar-refractivity contribution in [2.45, 2.75) is 6.92 Å². The van der Waals surface area contributed by atoms with Gasteiger partial charge >= 0.3 is 0 Å². The molecule has 8 heteroatoms. The van der Waals surface area contributed by atoms with E-state index in [1.807, 2.05) is 55.5 Å². The van der Waals surface area contributed by atoms with Crippen LogP contribution in [-0.2, 0) is 4.74 Å². The number of nitrogens with zero attached hydrogens (tertiary/aromatic N) is 5. The fourth-order valence-electron chi connectivity index (χ4n) is 3.87. The largest absolute Gasteiger partial charge is 0.378 e. The lowest BCUT2D eigenvalue weighted by atomic mass is 10.1. The molecule has 2 N–H and O–H groups in total. The van der Waals surface area contributed by atoms with Crippen molar-refractivity contribution < 1.29 is 4.74 Å². The third-order valence-corrected chi connectivity index (χ3v) is 5.75. The van der Waals surface area contributed by atoms with Gasteiger partial charge in [-0.1, -0.05) is 66.7 Å². The van der Waals surface area contributed by atoms with Crippen molar-refractivity contribution in [2.75, 3.05) is 41.9 Å². The van der Waals surface area contributed by atoms with Crippen LogP contribution in [0.1, 0.15) is 12.5 Å². The molecule has 3 aromatic carbocycles. The van der Waals surface area contributed by atoms with Gasteiger partial charge in [-0.25, -0.2) is 5.43 Å². The zero-order valence-corrected chi connectivity index (χ0v) is 19.6. The van der Waals surface area contributed by atoms with Crippen LogP contribution in [0.15, 0.2) is 84.0 Å². The molecule has 8 nitrogen and oxygen atoms in total. The Hall–Kier alpha value is -4.30. The highest BCUT2D eigenvalue weighted by Crippen LogP contribution is 2.26. The second-order valence-corrected chi connectivity index (χ2v) is 8.14. The first-order chi connectivity index (χ1) is 17.3. The first-order valence-corrected chi connectivity index (χ1v) is 11.6. The van der Waals surface area contributed by atoms with E-state index in [1.54, 1.807) is 6.21 Å². The maximum Gasteiger partial charge on any atom is 0.250 e. The summed E-state index contributed by atoms with van der Waals surface area (Å²) in [6, 6.07) is 24.5. The first kappa shape index (κ1) is 22.5. The highest BCUT2D eigenvalue weighted by molar-refractivity contribution is 5.95. The molecule has 4 aromatic rings. The van der Waals surface area contributed by atoms with Crippen molar-refractivity contribution >= 4 is 46.1 Å². The number of morpholine rings is 1. The molecule has 1 aliphatic heterocycles. The molecule has 0 atom stereocenters. The minimum absolute atomic E-state index is 0.367. The Kier molecular flexibility index (Phi) is 6.91. The molecule has 0 spiro atoms. The van der Waals surface area contributed by atoms with Gasteiger partial charge in [0.2, 0.25) is 17.8 Å². The van der Waals surface area contributed by atoms with Gasteiger partial charge in [-0.15, -0.1) is 0 Å². The molecule has 5 rings (SSSR count). The van der Waals surface area contributed by atoms with E-state index in [9.17, 15) is 0 Å². The van der Waals surface area contributed by atoms with Crippen LogP contribution in [0, 0.1) is 0 Å². The summed E-state index contributed by atoms with van der Waals surface area (Å²) in [7, 11) is 0. The lowest BCUT2D eigenvalue weighted by Gasteiger charge is -2.27. The first-order valence-electron chi connectivity index (χ1n) is 11.6. The monoisotopic (exact) mass is 465 g/mol. The zero-order valence-electron chi connectivity index (χ0n) is 19.6. The van der Waals surface area contributed by atoms with Gasteiger partial charge in [0.1, 0.15) is 0 Å². The lowest BCUT2D eigenvalue weighted by molar-refractivity contribution is 0.122. The van der Waals surface area contributed by atoms with E-state index in [-0.39, 0.29) is 0 Å². The molecule has 0 aliphatic carbocycles. The molecule has 0 saturated carbocycles. The van der Waals surface area contributed by atoms with E-state index >= 15 is 0 Å². The number of hydrogen-bond acceptors (Lipinski definition) is 8. The topological polar surface area (TPSA) is 87.6 Å². The number of aromatic nitrogens is 3. The molecule has 0 amide bonds. The molecular weight excluding hydrogens is 438 g/mol. The fraction of sp³-hybridized carbons (Fsp3) is 0.185. The van der Waals surface area contributed by atoms with Crippen LogP contribution in [0.25, 0.3) is 16.3 Å².